The molecule has 1 rings (SSSR count). The van der Waals surface area contributed by atoms with Crippen LogP contribution in [0.3, 0.4) is 0 Å². The molecule has 0 radical (unpaired) electrons. The molecule has 3 atom stereocenters. The third-order valence-corrected chi connectivity index (χ3v) is 3.27. The van der Waals surface area contributed by atoms with Gasteiger partial charge in [0.25, 0.3) is 0 Å². The van der Waals surface area contributed by atoms with E-state index in [0.717, 1.165) is 32.8 Å². The zero-order valence-corrected chi connectivity index (χ0v) is 11.0. The average Bonchev–Trinajstić information content (AvgIpc) is 2.79. The molecule has 16 heavy (non-hydrogen) atoms. The summed E-state index contributed by atoms with van der Waals surface area (Å²) in [7, 11) is 0. The third-order valence-electron chi connectivity index (χ3n) is 3.27. The first kappa shape index (κ1) is 13.9. The SMILES string of the molecule is CCCC(OCC)C(NCC)C1CCOC1. The molecule has 0 aromatic carbocycles. The summed E-state index contributed by atoms with van der Waals surface area (Å²) >= 11 is 0. The van der Waals surface area contributed by atoms with Gasteiger partial charge in [0.15, 0.2) is 0 Å². The molecule has 3 nitrogen and oxygen atoms in total. The van der Waals surface area contributed by atoms with Gasteiger partial charge in [-0.25, -0.2) is 0 Å². The number of hydrogen-bond acceptors (Lipinski definition) is 3. The minimum atomic E-state index is 0.349. The Morgan fingerprint density at radius 2 is 2.19 bits per heavy atom. The molecule has 0 amide bonds. The maximum atomic E-state index is 5.89. The van der Waals surface area contributed by atoms with E-state index in [1.165, 1.54) is 12.8 Å². The average molecular weight is 229 g/mol. The second-order valence-corrected chi connectivity index (χ2v) is 4.49. The van der Waals surface area contributed by atoms with Gasteiger partial charge in [0.05, 0.1) is 12.7 Å². The Hall–Kier alpha value is -0.120. The van der Waals surface area contributed by atoms with E-state index in [4.69, 9.17) is 9.47 Å². The third kappa shape index (κ3) is 4.04. The van der Waals surface area contributed by atoms with Gasteiger partial charge in [0, 0.05) is 25.2 Å². The molecule has 1 aliphatic rings. The second-order valence-electron chi connectivity index (χ2n) is 4.49. The summed E-state index contributed by atoms with van der Waals surface area (Å²) in [5.41, 5.74) is 0. The van der Waals surface area contributed by atoms with Crippen LogP contribution in [0.4, 0.5) is 0 Å². The molecule has 3 heteroatoms. The topological polar surface area (TPSA) is 30.5 Å². The molecule has 0 aliphatic carbocycles. The molecule has 0 aromatic rings. The van der Waals surface area contributed by atoms with Crippen molar-refractivity contribution >= 4 is 0 Å². The zero-order chi connectivity index (χ0) is 11.8. The van der Waals surface area contributed by atoms with E-state index in [-0.39, 0.29) is 0 Å². The maximum Gasteiger partial charge on any atom is 0.0731 e. The first-order valence-electron chi connectivity index (χ1n) is 6.76. The van der Waals surface area contributed by atoms with E-state index >= 15 is 0 Å². The fourth-order valence-corrected chi connectivity index (χ4v) is 2.54. The molecule has 1 N–H and O–H groups in total. The van der Waals surface area contributed by atoms with E-state index < -0.39 is 0 Å². The van der Waals surface area contributed by atoms with Gasteiger partial charge < -0.3 is 14.8 Å². The van der Waals surface area contributed by atoms with Crippen LogP contribution < -0.4 is 5.32 Å². The number of hydrogen-bond donors (Lipinski definition) is 1. The first-order chi connectivity index (χ1) is 7.83. The summed E-state index contributed by atoms with van der Waals surface area (Å²) in [4.78, 5) is 0. The second kappa shape index (κ2) is 8.04. The van der Waals surface area contributed by atoms with Crippen LogP contribution >= 0.6 is 0 Å². The van der Waals surface area contributed by atoms with Crippen LogP contribution in [0.5, 0.6) is 0 Å². The monoisotopic (exact) mass is 229 g/mol. The minimum Gasteiger partial charge on any atom is -0.381 e. The van der Waals surface area contributed by atoms with Crippen LogP contribution in [0.25, 0.3) is 0 Å². The highest BCUT2D eigenvalue weighted by atomic mass is 16.5. The fourth-order valence-electron chi connectivity index (χ4n) is 2.54. The number of ether oxygens (including phenoxy) is 2. The molecule has 1 fully saturated rings. The Bertz CT molecular complexity index is 163. The van der Waals surface area contributed by atoms with Crippen molar-refractivity contribution in [1.29, 1.82) is 0 Å². The smallest absolute Gasteiger partial charge is 0.0731 e. The van der Waals surface area contributed by atoms with Gasteiger partial charge in [-0.15, -0.1) is 0 Å². The Morgan fingerprint density at radius 1 is 1.38 bits per heavy atom. The van der Waals surface area contributed by atoms with Gasteiger partial charge in [0.1, 0.15) is 0 Å². The predicted octanol–water partition coefficient (Wildman–Crippen LogP) is 2.21. The minimum absolute atomic E-state index is 0.349. The maximum absolute atomic E-state index is 5.89. The summed E-state index contributed by atoms with van der Waals surface area (Å²) in [6.07, 6.45) is 3.84. The highest BCUT2D eigenvalue weighted by Gasteiger charge is 2.31. The van der Waals surface area contributed by atoms with Crippen molar-refractivity contribution in [3.05, 3.63) is 0 Å². The highest BCUT2D eigenvalue weighted by Crippen LogP contribution is 2.22. The molecular weight excluding hydrogens is 202 g/mol. The van der Waals surface area contributed by atoms with Crippen LogP contribution in [0, 0.1) is 5.92 Å². The van der Waals surface area contributed by atoms with Crippen LogP contribution in [0.15, 0.2) is 0 Å². The van der Waals surface area contributed by atoms with Crippen LogP contribution in [-0.2, 0) is 9.47 Å². The predicted molar refractivity (Wildman–Crippen MR) is 66.7 cm³/mol. The van der Waals surface area contributed by atoms with Crippen molar-refractivity contribution < 1.29 is 9.47 Å². The Labute approximate surface area is 99.9 Å². The van der Waals surface area contributed by atoms with E-state index in [1.807, 2.05) is 0 Å². The molecule has 3 unspecified atom stereocenters. The van der Waals surface area contributed by atoms with Crippen LogP contribution in [0.2, 0.25) is 0 Å². The van der Waals surface area contributed by atoms with Crippen molar-refractivity contribution in [2.75, 3.05) is 26.4 Å². The number of rotatable bonds is 8. The van der Waals surface area contributed by atoms with Gasteiger partial charge in [0.2, 0.25) is 0 Å². The summed E-state index contributed by atoms with van der Waals surface area (Å²) < 4.78 is 11.4. The number of likely N-dealkylation sites (N-methyl/N-ethyl adjacent to an activating group) is 1. The van der Waals surface area contributed by atoms with E-state index in [9.17, 15) is 0 Å². The van der Waals surface area contributed by atoms with Gasteiger partial charge in [-0.2, -0.15) is 0 Å². The molecule has 96 valence electrons. The van der Waals surface area contributed by atoms with Gasteiger partial charge in [-0.05, 0) is 26.3 Å². The molecule has 0 saturated carbocycles. The van der Waals surface area contributed by atoms with Gasteiger partial charge in [-0.3, -0.25) is 0 Å². The summed E-state index contributed by atoms with van der Waals surface area (Å²) in [6.45, 7) is 10.1. The van der Waals surface area contributed by atoms with Crippen molar-refractivity contribution in [3.63, 3.8) is 0 Å². The Kier molecular flexibility index (Phi) is 7.01. The highest BCUT2D eigenvalue weighted by molar-refractivity contribution is 4.85. The Balaban J connectivity index is 2.55. The van der Waals surface area contributed by atoms with E-state index in [0.29, 0.717) is 18.1 Å². The molecule has 1 heterocycles. The Morgan fingerprint density at radius 3 is 2.69 bits per heavy atom. The molecule has 0 aromatic heterocycles. The van der Waals surface area contributed by atoms with E-state index in [2.05, 4.69) is 26.1 Å². The molecule has 1 aliphatic heterocycles. The summed E-state index contributed by atoms with van der Waals surface area (Å²) in [5, 5.41) is 3.59. The van der Waals surface area contributed by atoms with Crippen molar-refractivity contribution in [2.24, 2.45) is 5.92 Å². The van der Waals surface area contributed by atoms with Crippen LogP contribution in [-0.4, -0.2) is 38.5 Å². The van der Waals surface area contributed by atoms with Crippen molar-refractivity contribution in [3.8, 4) is 0 Å². The summed E-state index contributed by atoms with van der Waals surface area (Å²) in [6, 6.07) is 0.465. The lowest BCUT2D eigenvalue weighted by Crippen LogP contribution is -2.47. The lowest BCUT2D eigenvalue weighted by molar-refractivity contribution is 0.0102. The number of nitrogens with one attached hydrogen (secondary N) is 1. The summed E-state index contributed by atoms with van der Waals surface area (Å²) in [5.74, 6) is 0.628. The lowest BCUT2D eigenvalue weighted by Gasteiger charge is -2.31. The standard InChI is InChI=1S/C13H27NO2/c1-4-7-12(16-6-3)13(14-5-2)11-8-9-15-10-11/h11-14H,4-10H2,1-3H3. The molecular formula is C13H27NO2. The van der Waals surface area contributed by atoms with Crippen molar-refractivity contribution in [1.82, 2.24) is 5.32 Å². The van der Waals surface area contributed by atoms with Crippen molar-refractivity contribution in [2.45, 2.75) is 52.2 Å². The van der Waals surface area contributed by atoms with Gasteiger partial charge >= 0.3 is 0 Å². The van der Waals surface area contributed by atoms with E-state index in [1.54, 1.807) is 0 Å². The quantitative estimate of drug-likeness (QED) is 0.692. The lowest BCUT2D eigenvalue weighted by atomic mass is 9.91. The van der Waals surface area contributed by atoms with Gasteiger partial charge in [-0.1, -0.05) is 20.3 Å². The molecule has 0 spiro atoms. The largest absolute Gasteiger partial charge is 0.381 e. The molecule has 1 saturated heterocycles. The molecule has 0 bridgehead atoms. The van der Waals surface area contributed by atoms with Crippen LogP contribution in [0.1, 0.15) is 40.0 Å². The first-order valence-corrected chi connectivity index (χ1v) is 6.76. The fraction of sp³-hybridized carbons (Fsp3) is 1.00. The zero-order valence-electron chi connectivity index (χ0n) is 11.0. The normalized spacial score (nSPS) is 24.6.